The molecule has 0 aromatic carbocycles. The standard InChI is InChI=1S/C36H68N4O10/c1-21-17-34(6,44)31(50-33-29(42)26(39(10)11)16-22(2)47-33)23(3)30(24(4)32(43)37-15-14-27(41)40(12)19-21)49-28-18-35(7,46-13)36(45,20-38(8)9)25(5)48-28/h21-26,28-31,33,42,44-45H,14-20H2,1-13H3,(H,37,43)/t21-,22-,23+,24?,25+,26+,28+,29-,30?,31-,33+,34-,35-,36-/m1/s1. The first-order valence-corrected chi connectivity index (χ1v) is 18.2. The highest BCUT2D eigenvalue weighted by Crippen LogP contribution is 2.43. The van der Waals surface area contributed by atoms with E-state index in [4.69, 9.17) is 23.7 Å². The zero-order valence-corrected chi connectivity index (χ0v) is 32.8. The van der Waals surface area contributed by atoms with Crippen LogP contribution in [-0.2, 0) is 33.3 Å². The average Bonchev–Trinajstić information content (AvgIpc) is 3.00. The van der Waals surface area contributed by atoms with E-state index in [-0.39, 0.29) is 62.2 Å². The van der Waals surface area contributed by atoms with Crippen LogP contribution < -0.4 is 5.32 Å². The molecule has 292 valence electrons. The molecule has 2 amide bonds. The molecular weight excluding hydrogens is 648 g/mol. The van der Waals surface area contributed by atoms with Crippen molar-refractivity contribution in [1.82, 2.24) is 20.0 Å². The fourth-order valence-corrected chi connectivity index (χ4v) is 8.36. The lowest BCUT2D eigenvalue weighted by Crippen LogP contribution is -2.70. The van der Waals surface area contributed by atoms with Gasteiger partial charge in [0, 0.05) is 58.6 Å². The Labute approximate surface area is 300 Å². The van der Waals surface area contributed by atoms with Gasteiger partial charge in [0.15, 0.2) is 12.6 Å². The number of hydrogen-bond acceptors (Lipinski definition) is 12. The fraction of sp³-hybridized carbons (Fsp3) is 0.944. The maximum absolute atomic E-state index is 13.8. The van der Waals surface area contributed by atoms with E-state index in [1.807, 2.05) is 65.7 Å². The first kappa shape index (κ1) is 42.9. The summed E-state index contributed by atoms with van der Waals surface area (Å²) < 4.78 is 32.0. The van der Waals surface area contributed by atoms with Gasteiger partial charge in [-0.25, -0.2) is 0 Å². The zero-order chi connectivity index (χ0) is 37.9. The molecule has 14 nitrogen and oxygen atoms in total. The van der Waals surface area contributed by atoms with Gasteiger partial charge in [0.1, 0.15) is 17.3 Å². The van der Waals surface area contributed by atoms with Crippen molar-refractivity contribution in [2.45, 2.75) is 140 Å². The van der Waals surface area contributed by atoms with E-state index in [1.54, 1.807) is 39.8 Å². The molecule has 0 bridgehead atoms. The van der Waals surface area contributed by atoms with E-state index < -0.39 is 65.6 Å². The maximum Gasteiger partial charge on any atom is 0.225 e. The van der Waals surface area contributed by atoms with Crippen LogP contribution in [0.1, 0.15) is 74.1 Å². The third-order valence-corrected chi connectivity index (χ3v) is 11.3. The number of aliphatic hydroxyl groups is 3. The Balaban J connectivity index is 2.08. The number of nitrogens with one attached hydrogen (secondary N) is 1. The van der Waals surface area contributed by atoms with Crippen LogP contribution in [0.25, 0.3) is 0 Å². The number of rotatable bonds is 8. The van der Waals surface area contributed by atoms with Crippen molar-refractivity contribution in [2.75, 3.05) is 62.0 Å². The molecule has 0 aromatic rings. The summed E-state index contributed by atoms with van der Waals surface area (Å²) in [5.74, 6) is -2.02. The molecule has 0 spiro atoms. The number of nitrogens with zero attached hydrogens (tertiary/aromatic N) is 3. The molecule has 14 atom stereocenters. The molecule has 3 saturated heterocycles. The molecule has 14 heteroatoms. The summed E-state index contributed by atoms with van der Waals surface area (Å²) >= 11 is 0. The Kier molecular flexibility index (Phi) is 14.7. The Hall–Kier alpha value is -1.46. The molecule has 3 fully saturated rings. The Morgan fingerprint density at radius 2 is 1.64 bits per heavy atom. The van der Waals surface area contributed by atoms with Gasteiger partial charge in [-0.2, -0.15) is 0 Å². The van der Waals surface area contributed by atoms with Crippen molar-refractivity contribution < 1.29 is 48.6 Å². The number of ether oxygens (including phenoxy) is 5. The molecule has 3 rings (SSSR count). The molecule has 4 N–H and O–H groups in total. The smallest absolute Gasteiger partial charge is 0.225 e. The summed E-state index contributed by atoms with van der Waals surface area (Å²) in [7, 11) is 10.8. The molecule has 0 aliphatic carbocycles. The Morgan fingerprint density at radius 1 is 1.00 bits per heavy atom. The third-order valence-electron chi connectivity index (χ3n) is 11.3. The fourth-order valence-electron chi connectivity index (χ4n) is 8.36. The van der Waals surface area contributed by atoms with Gasteiger partial charge >= 0.3 is 0 Å². The number of carbonyl (C=O) groups excluding carboxylic acids is 2. The van der Waals surface area contributed by atoms with Gasteiger partial charge < -0.3 is 59.0 Å². The number of hydrogen-bond donors (Lipinski definition) is 4. The molecule has 2 unspecified atom stereocenters. The summed E-state index contributed by atoms with van der Waals surface area (Å²) in [5.41, 5.74) is -3.96. The maximum atomic E-state index is 13.8. The lowest BCUT2D eigenvalue weighted by molar-refractivity contribution is -0.338. The molecule has 0 radical (unpaired) electrons. The van der Waals surface area contributed by atoms with Crippen molar-refractivity contribution in [1.29, 1.82) is 0 Å². The first-order valence-electron chi connectivity index (χ1n) is 18.2. The van der Waals surface area contributed by atoms with Crippen molar-refractivity contribution >= 4 is 11.8 Å². The van der Waals surface area contributed by atoms with Gasteiger partial charge in [-0.15, -0.1) is 0 Å². The van der Waals surface area contributed by atoms with Crippen LogP contribution in [0.5, 0.6) is 0 Å². The predicted molar refractivity (Wildman–Crippen MR) is 188 cm³/mol. The van der Waals surface area contributed by atoms with E-state index in [9.17, 15) is 24.9 Å². The van der Waals surface area contributed by atoms with Crippen molar-refractivity contribution in [3.63, 3.8) is 0 Å². The summed E-state index contributed by atoms with van der Waals surface area (Å²) in [6, 6.07) is -0.248. The minimum atomic E-state index is -1.52. The molecule has 0 aromatic heterocycles. The van der Waals surface area contributed by atoms with E-state index in [2.05, 4.69) is 5.32 Å². The minimum Gasteiger partial charge on any atom is -0.387 e. The van der Waals surface area contributed by atoms with Gasteiger partial charge in [-0.05, 0) is 74.6 Å². The van der Waals surface area contributed by atoms with Crippen LogP contribution in [-0.4, -0.2) is 170 Å². The lowest BCUT2D eigenvalue weighted by Gasteiger charge is -2.54. The van der Waals surface area contributed by atoms with Crippen LogP contribution in [0.15, 0.2) is 0 Å². The van der Waals surface area contributed by atoms with E-state index in [1.165, 1.54) is 0 Å². The summed E-state index contributed by atoms with van der Waals surface area (Å²) in [5, 5.41) is 38.6. The van der Waals surface area contributed by atoms with Gasteiger partial charge in [0.2, 0.25) is 11.8 Å². The Morgan fingerprint density at radius 3 is 2.22 bits per heavy atom. The number of methoxy groups -OCH3 is 1. The number of carbonyl (C=O) groups is 2. The number of aliphatic hydroxyl groups excluding tert-OH is 1. The topological polar surface area (TPSA) is 163 Å². The highest BCUT2D eigenvalue weighted by molar-refractivity contribution is 5.80. The average molecular weight is 717 g/mol. The molecule has 3 aliphatic rings. The Bertz CT molecular complexity index is 1130. The lowest BCUT2D eigenvalue weighted by atomic mass is 9.75. The second-order valence-corrected chi connectivity index (χ2v) is 16.4. The SMILES string of the molecule is CO[C@]1(C)C[C@H](OC2C(C)C(=O)NCCC(=O)N(C)C[C@H](C)C[C@@](C)(O)[C@H](O[C@@H]3O[C@H](C)C[C@H](N(C)C)[C@H]3O)[C@H]2C)O[C@@H](C)[C@]1(O)CN(C)C. The van der Waals surface area contributed by atoms with Crippen LogP contribution in [0.3, 0.4) is 0 Å². The largest absolute Gasteiger partial charge is 0.387 e. The second kappa shape index (κ2) is 17.1. The third kappa shape index (κ3) is 9.74. The zero-order valence-electron chi connectivity index (χ0n) is 32.8. The molecule has 50 heavy (non-hydrogen) atoms. The monoisotopic (exact) mass is 716 g/mol. The van der Waals surface area contributed by atoms with Crippen LogP contribution in [0.2, 0.25) is 0 Å². The van der Waals surface area contributed by atoms with Crippen LogP contribution in [0, 0.1) is 17.8 Å². The first-order chi connectivity index (χ1) is 23.1. The van der Waals surface area contributed by atoms with Gasteiger partial charge in [-0.1, -0.05) is 20.8 Å². The van der Waals surface area contributed by atoms with Gasteiger partial charge in [0.25, 0.3) is 0 Å². The minimum absolute atomic E-state index is 0.119. The second-order valence-electron chi connectivity index (χ2n) is 16.4. The van der Waals surface area contributed by atoms with Crippen LogP contribution >= 0.6 is 0 Å². The van der Waals surface area contributed by atoms with E-state index in [0.29, 0.717) is 13.0 Å². The molecule has 3 aliphatic heterocycles. The van der Waals surface area contributed by atoms with Crippen LogP contribution in [0.4, 0.5) is 0 Å². The highest BCUT2D eigenvalue weighted by atomic mass is 16.7. The van der Waals surface area contributed by atoms with Gasteiger partial charge in [0.05, 0.1) is 35.9 Å². The summed E-state index contributed by atoms with van der Waals surface area (Å²) in [6.45, 7) is 13.6. The van der Waals surface area contributed by atoms with E-state index >= 15 is 0 Å². The molecule has 0 saturated carbocycles. The molecular formula is C36H68N4O10. The van der Waals surface area contributed by atoms with Gasteiger partial charge in [-0.3, -0.25) is 9.59 Å². The summed E-state index contributed by atoms with van der Waals surface area (Å²) in [6.07, 6.45) is -4.67. The number of amides is 2. The number of likely N-dealkylation sites (N-methyl/N-ethyl adjacent to an activating group) is 2. The van der Waals surface area contributed by atoms with Crippen molar-refractivity contribution in [3.05, 3.63) is 0 Å². The van der Waals surface area contributed by atoms with E-state index in [0.717, 1.165) is 0 Å². The summed E-state index contributed by atoms with van der Waals surface area (Å²) in [4.78, 5) is 32.1. The highest BCUT2D eigenvalue weighted by Gasteiger charge is 2.58. The van der Waals surface area contributed by atoms with Crippen molar-refractivity contribution in [3.8, 4) is 0 Å². The predicted octanol–water partition coefficient (Wildman–Crippen LogP) is 1.04. The quantitative estimate of drug-likeness (QED) is 0.283. The normalized spacial score (nSPS) is 44.7. The molecule has 3 heterocycles. The van der Waals surface area contributed by atoms with Crippen molar-refractivity contribution in [2.24, 2.45) is 17.8 Å².